The van der Waals surface area contributed by atoms with Gasteiger partial charge in [-0.05, 0) is 43.3 Å². The smallest absolute Gasteiger partial charge is 0.248 e. The number of para-hydroxylation sites is 1. The van der Waals surface area contributed by atoms with Gasteiger partial charge in [-0.1, -0.05) is 18.2 Å². The first-order chi connectivity index (χ1) is 11.4. The lowest BCUT2D eigenvalue weighted by atomic mass is 10.2. The average Bonchev–Trinajstić information content (AvgIpc) is 2.54. The minimum Gasteiger partial charge on any atom is -0.493 e. The lowest BCUT2D eigenvalue weighted by Gasteiger charge is -2.06. The van der Waals surface area contributed by atoms with Gasteiger partial charge in [-0.2, -0.15) is 0 Å². The van der Waals surface area contributed by atoms with Gasteiger partial charge in [-0.25, -0.2) is 8.42 Å². The van der Waals surface area contributed by atoms with Crippen LogP contribution in [0.4, 0.5) is 5.69 Å². The first kappa shape index (κ1) is 17.7. The van der Waals surface area contributed by atoms with E-state index in [1.807, 2.05) is 31.2 Å². The van der Waals surface area contributed by atoms with Crippen LogP contribution in [0.25, 0.3) is 6.08 Å². The second-order valence-corrected chi connectivity index (χ2v) is 7.11. The van der Waals surface area contributed by atoms with Gasteiger partial charge in [0.05, 0.1) is 11.5 Å². The second kappa shape index (κ2) is 7.79. The number of anilines is 1. The van der Waals surface area contributed by atoms with Crippen LogP contribution in [0.5, 0.6) is 5.75 Å². The molecule has 0 aliphatic carbocycles. The number of hydrogen-bond donors (Lipinski definition) is 1. The molecule has 0 spiro atoms. The summed E-state index contributed by atoms with van der Waals surface area (Å²) >= 11 is 0. The number of benzene rings is 2. The molecule has 0 saturated heterocycles. The van der Waals surface area contributed by atoms with E-state index in [0.29, 0.717) is 18.0 Å². The molecule has 0 aliphatic rings. The van der Waals surface area contributed by atoms with E-state index in [4.69, 9.17) is 4.74 Å². The molecule has 2 aromatic carbocycles. The Labute approximate surface area is 141 Å². The number of ether oxygens (including phenoxy) is 1. The fourth-order valence-corrected chi connectivity index (χ4v) is 2.67. The number of amides is 1. The van der Waals surface area contributed by atoms with Gasteiger partial charge >= 0.3 is 0 Å². The van der Waals surface area contributed by atoms with E-state index in [0.717, 1.165) is 11.8 Å². The largest absolute Gasteiger partial charge is 0.493 e. The van der Waals surface area contributed by atoms with Crippen molar-refractivity contribution >= 4 is 27.5 Å². The highest BCUT2D eigenvalue weighted by Crippen LogP contribution is 2.19. The summed E-state index contributed by atoms with van der Waals surface area (Å²) in [5.74, 6) is 0.398. The van der Waals surface area contributed by atoms with E-state index in [2.05, 4.69) is 5.32 Å². The fourth-order valence-electron chi connectivity index (χ4n) is 2.04. The third-order valence-corrected chi connectivity index (χ3v) is 4.31. The molecule has 0 fully saturated rings. The van der Waals surface area contributed by atoms with E-state index in [9.17, 15) is 13.2 Å². The van der Waals surface area contributed by atoms with Crippen molar-refractivity contribution in [2.24, 2.45) is 0 Å². The highest BCUT2D eigenvalue weighted by atomic mass is 32.2. The predicted molar refractivity (Wildman–Crippen MR) is 94.8 cm³/mol. The van der Waals surface area contributed by atoms with Gasteiger partial charge in [0, 0.05) is 23.6 Å². The highest BCUT2D eigenvalue weighted by Gasteiger charge is 2.07. The maximum absolute atomic E-state index is 12.0. The molecule has 6 heteroatoms. The van der Waals surface area contributed by atoms with Crippen LogP contribution >= 0.6 is 0 Å². The van der Waals surface area contributed by atoms with Gasteiger partial charge in [0.15, 0.2) is 9.84 Å². The van der Waals surface area contributed by atoms with Gasteiger partial charge in [0.2, 0.25) is 5.91 Å². The third-order valence-electron chi connectivity index (χ3n) is 3.18. The number of carbonyl (C=O) groups is 1. The number of rotatable bonds is 6. The molecule has 0 aliphatic heterocycles. The summed E-state index contributed by atoms with van der Waals surface area (Å²) in [4.78, 5) is 12.2. The van der Waals surface area contributed by atoms with Crippen LogP contribution in [0, 0.1) is 0 Å². The maximum Gasteiger partial charge on any atom is 0.248 e. The molecular weight excluding hydrogens is 326 g/mol. The molecule has 0 saturated carbocycles. The minimum absolute atomic E-state index is 0.210. The number of sulfone groups is 1. The first-order valence-electron chi connectivity index (χ1n) is 7.41. The van der Waals surface area contributed by atoms with E-state index < -0.39 is 9.84 Å². The van der Waals surface area contributed by atoms with Gasteiger partial charge in [0.25, 0.3) is 0 Å². The molecule has 2 rings (SSSR count). The molecule has 1 N–H and O–H groups in total. The predicted octanol–water partition coefficient (Wildman–Crippen LogP) is 3.14. The van der Waals surface area contributed by atoms with Crippen LogP contribution in [0.1, 0.15) is 12.5 Å². The zero-order valence-corrected chi connectivity index (χ0v) is 14.3. The highest BCUT2D eigenvalue weighted by molar-refractivity contribution is 7.90. The normalized spacial score (nSPS) is 11.4. The monoisotopic (exact) mass is 345 g/mol. The molecular formula is C18H19NO4S. The first-order valence-corrected chi connectivity index (χ1v) is 9.30. The molecule has 5 nitrogen and oxygen atoms in total. The Morgan fingerprint density at radius 2 is 1.79 bits per heavy atom. The molecule has 2 aromatic rings. The summed E-state index contributed by atoms with van der Waals surface area (Å²) < 4.78 is 28.3. The van der Waals surface area contributed by atoms with Crippen molar-refractivity contribution in [1.82, 2.24) is 0 Å². The summed E-state index contributed by atoms with van der Waals surface area (Å²) in [7, 11) is -3.25. The fraction of sp³-hybridized carbons (Fsp3) is 0.167. The van der Waals surface area contributed by atoms with Crippen LogP contribution in [0.3, 0.4) is 0 Å². The Balaban J connectivity index is 2.06. The zero-order chi connectivity index (χ0) is 17.6. The molecule has 0 unspecified atom stereocenters. The zero-order valence-electron chi connectivity index (χ0n) is 13.5. The van der Waals surface area contributed by atoms with Gasteiger partial charge < -0.3 is 10.1 Å². The van der Waals surface area contributed by atoms with Crippen molar-refractivity contribution < 1.29 is 17.9 Å². The van der Waals surface area contributed by atoms with Crippen molar-refractivity contribution in [2.45, 2.75) is 11.8 Å². The molecule has 0 atom stereocenters. The average molecular weight is 345 g/mol. The van der Waals surface area contributed by atoms with Gasteiger partial charge in [0.1, 0.15) is 5.75 Å². The van der Waals surface area contributed by atoms with Crippen molar-refractivity contribution in [3.63, 3.8) is 0 Å². The van der Waals surface area contributed by atoms with Crippen LogP contribution in [0.2, 0.25) is 0 Å². The molecule has 0 bridgehead atoms. The minimum atomic E-state index is -3.25. The standard InChI is InChI=1S/C18H19NO4S/c1-3-23-17-7-5-4-6-14(17)8-13-18(20)19-15-9-11-16(12-10-15)24(2,21)22/h4-13H,3H2,1-2H3,(H,19,20)/b13-8+. The maximum atomic E-state index is 12.0. The quantitative estimate of drug-likeness (QED) is 0.817. The molecule has 0 heterocycles. The van der Waals surface area contributed by atoms with E-state index in [1.165, 1.54) is 18.2 Å². The Morgan fingerprint density at radius 1 is 1.12 bits per heavy atom. The lowest BCUT2D eigenvalue weighted by Crippen LogP contribution is -2.08. The number of carbonyl (C=O) groups excluding carboxylic acids is 1. The van der Waals surface area contributed by atoms with Crippen LogP contribution in [-0.4, -0.2) is 27.2 Å². The Hall–Kier alpha value is -2.60. The SMILES string of the molecule is CCOc1ccccc1/C=C/C(=O)Nc1ccc(S(C)(=O)=O)cc1. The molecule has 0 aromatic heterocycles. The van der Waals surface area contributed by atoms with E-state index in [1.54, 1.807) is 18.2 Å². The Morgan fingerprint density at radius 3 is 2.42 bits per heavy atom. The summed E-state index contributed by atoms with van der Waals surface area (Å²) in [5.41, 5.74) is 1.33. The summed E-state index contributed by atoms with van der Waals surface area (Å²) in [6.07, 6.45) is 4.21. The lowest BCUT2D eigenvalue weighted by molar-refractivity contribution is -0.111. The van der Waals surface area contributed by atoms with Crippen molar-refractivity contribution in [3.8, 4) is 5.75 Å². The van der Waals surface area contributed by atoms with Crippen LogP contribution in [0.15, 0.2) is 59.5 Å². The molecule has 0 radical (unpaired) electrons. The molecule has 1 amide bonds. The summed E-state index contributed by atoms with van der Waals surface area (Å²) in [6, 6.07) is 13.4. The van der Waals surface area contributed by atoms with Crippen LogP contribution < -0.4 is 10.1 Å². The van der Waals surface area contributed by atoms with Crippen molar-refractivity contribution in [3.05, 3.63) is 60.2 Å². The Bertz CT molecular complexity index is 840. The Kier molecular flexibility index (Phi) is 5.76. The summed E-state index contributed by atoms with van der Waals surface area (Å²) in [5, 5.41) is 2.68. The third kappa shape index (κ3) is 4.96. The van der Waals surface area contributed by atoms with E-state index in [-0.39, 0.29) is 10.8 Å². The molecule has 126 valence electrons. The van der Waals surface area contributed by atoms with Gasteiger partial charge in [-0.3, -0.25) is 4.79 Å². The van der Waals surface area contributed by atoms with Crippen LogP contribution in [-0.2, 0) is 14.6 Å². The van der Waals surface area contributed by atoms with E-state index >= 15 is 0 Å². The number of nitrogens with one attached hydrogen (secondary N) is 1. The van der Waals surface area contributed by atoms with Crippen molar-refractivity contribution in [2.75, 3.05) is 18.2 Å². The molecule has 24 heavy (non-hydrogen) atoms. The number of hydrogen-bond acceptors (Lipinski definition) is 4. The summed E-state index contributed by atoms with van der Waals surface area (Å²) in [6.45, 7) is 2.44. The van der Waals surface area contributed by atoms with Gasteiger partial charge in [-0.15, -0.1) is 0 Å². The topological polar surface area (TPSA) is 72.5 Å². The van der Waals surface area contributed by atoms with Crippen molar-refractivity contribution in [1.29, 1.82) is 0 Å². The second-order valence-electron chi connectivity index (χ2n) is 5.09.